The van der Waals surface area contributed by atoms with Gasteiger partial charge in [0.1, 0.15) is 0 Å². The van der Waals surface area contributed by atoms with Gasteiger partial charge < -0.3 is 5.32 Å². The molecule has 150 valence electrons. The van der Waals surface area contributed by atoms with Crippen LogP contribution in [0.5, 0.6) is 0 Å². The van der Waals surface area contributed by atoms with Gasteiger partial charge in [-0.05, 0) is 59.2 Å². The predicted molar refractivity (Wildman–Crippen MR) is 113 cm³/mol. The van der Waals surface area contributed by atoms with Crippen molar-refractivity contribution in [1.29, 1.82) is 0 Å². The first-order valence-electron chi connectivity index (χ1n) is 9.21. The zero-order valence-electron chi connectivity index (χ0n) is 15.5. The van der Waals surface area contributed by atoms with E-state index in [1.54, 1.807) is 29.2 Å². The molecule has 0 spiro atoms. The fraction of sp³-hybridized carbons (Fsp3) is 0.150. The number of anilines is 1. The largest absolute Gasteiger partial charge is 0.325 e. The Kier molecular flexibility index (Phi) is 4.52. The van der Waals surface area contributed by atoms with Crippen LogP contribution in [0.25, 0.3) is 17.1 Å². The highest BCUT2D eigenvalue weighted by atomic mass is 35.5. The number of benzene rings is 2. The van der Waals surface area contributed by atoms with Crippen LogP contribution in [0, 0.1) is 0 Å². The van der Waals surface area contributed by atoms with E-state index in [0.29, 0.717) is 27.1 Å². The van der Waals surface area contributed by atoms with E-state index in [2.05, 4.69) is 31.0 Å². The zero-order chi connectivity index (χ0) is 20.7. The molecule has 1 aliphatic carbocycles. The number of hydrogen-bond acceptors (Lipinski definition) is 5. The molecular weight excluding hydrogens is 425 g/mol. The quantitative estimate of drug-likeness (QED) is 0.488. The van der Waals surface area contributed by atoms with Crippen molar-refractivity contribution in [2.24, 2.45) is 0 Å². The maximum Gasteiger partial charge on any atom is 0.235 e. The summed E-state index contributed by atoms with van der Waals surface area (Å²) in [5.74, 6) is 0.380. The van der Waals surface area contributed by atoms with E-state index in [9.17, 15) is 4.79 Å². The highest BCUT2D eigenvalue weighted by Gasteiger charge is 2.51. The highest BCUT2D eigenvalue weighted by molar-refractivity contribution is 6.30. The molecule has 0 atom stereocenters. The molecule has 0 aliphatic heterocycles. The molecule has 5 rings (SSSR count). The number of amides is 1. The van der Waals surface area contributed by atoms with Gasteiger partial charge in [-0.1, -0.05) is 35.3 Å². The fourth-order valence-electron chi connectivity index (χ4n) is 3.52. The third kappa shape index (κ3) is 3.34. The summed E-state index contributed by atoms with van der Waals surface area (Å²) in [4.78, 5) is 13.1. The van der Waals surface area contributed by atoms with Crippen molar-refractivity contribution in [3.05, 3.63) is 70.5 Å². The van der Waals surface area contributed by atoms with Crippen LogP contribution in [-0.2, 0) is 10.2 Å². The van der Waals surface area contributed by atoms with Gasteiger partial charge in [0.2, 0.25) is 5.91 Å². The number of hydrogen-bond donors (Lipinski definition) is 2. The number of tetrazole rings is 1. The molecule has 0 saturated heterocycles. The Hall–Kier alpha value is -3.23. The maximum atomic E-state index is 13.1. The first kappa shape index (κ1) is 18.8. The number of aromatic nitrogens is 6. The molecule has 2 heterocycles. The molecule has 4 aromatic rings. The smallest absolute Gasteiger partial charge is 0.235 e. The fourth-order valence-corrected chi connectivity index (χ4v) is 3.84. The van der Waals surface area contributed by atoms with Crippen molar-refractivity contribution >= 4 is 34.8 Å². The molecule has 0 bridgehead atoms. The average molecular weight is 440 g/mol. The van der Waals surface area contributed by atoms with Gasteiger partial charge in [0.25, 0.3) is 0 Å². The lowest BCUT2D eigenvalue weighted by Crippen LogP contribution is -2.27. The Balaban J connectivity index is 1.48. The monoisotopic (exact) mass is 439 g/mol. The van der Waals surface area contributed by atoms with Crippen molar-refractivity contribution in [2.75, 3.05) is 5.32 Å². The molecule has 2 aromatic carbocycles. The van der Waals surface area contributed by atoms with Crippen LogP contribution in [0.2, 0.25) is 10.0 Å². The zero-order valence-corrected chi connectivity index (χ0v) is 17.0. The van der Waals surface area contributed by atoms with Crippen LogP contribution < -0.4 is 5.32 Å². The van der Waals surface area contributed by atoms with Gasteiger partial charge in [-0.25, -0.2) is 9.78 Å². The lowest BCUT2D eigenvalue weighted by molar-refractivity contribution is -0.118. The second-order valence-electron chi connectivity index (χ2n) is 7.13. The van der Waals surface area contributed by atoms with Gasteiger partial charge in [-0.15, -0.1) is 5.10 Å². The van der Waals surface area contributed by atoms with Crippen molar-refractivity contribution in [2.45, 2.75) is 18.3 Å². The minimum absolute atomic E-state index is 0.0682. The Labute approximate surface area is 181 Å². The van der Waals surface area contributed by atoms with Gasteiger partial charge in [0, 0.05) is 22.5 Å². The summed E-state index contributed by atoms with van der Waals surface area (Å²) in [6.07, 6.45) is 4.78. The standard InChI is InChI=1S/C20H15Cl2N7O/c21-13-3-1-2-12(8-13)20(6-7-20)19(30)24-15-4-5-17(29-11-14(22)10-23-29)16(9-15)18-25-27-28-26-18/h1-5,8-11H,6-7H2,(H,24,30)(H,25,26,27,28). The molecule has 1 aliphatic rings. The van der Waals surface area contributed by atoms with Gasteiger partial charge in [0.05, 0.1) is 22.3 Å². The molecule has 2 aromatic heterocycles. The number of nitrogens with one attached hydrogen (secondary N) is 2. The summed E-state index contributed by atoms with van der Waals surface area (Å²) >= 11 is 12.1. The summed E-state index contributed by atoms with van der Waals surface area (Å²) < 4.78 is 1.63. The van der Waals surface area contributed by atoms with Gasteiger partial charge >= 0.3 is 0 Å². The minimum Gasteiger partial charge on any atom is -0.325 e. The lowest BCUT2D eigenvalue weighted by Gasteiger charge is -2.17. The summed E-state index contributed by atoms with van der Waals surface area (Å²) in [7, 11) is 0. The number of rotatable bonds is 5. The first-order valence-corrected chi connectivity index (χ1v) is 9.97. The van der Waals surface area contributed by atoms with Crippen LogP contribution in [0.1, 0.15) is 18.4 Å². The molecule has 1 amide bonds. The Bertz CT molecular complexity index is 1230. The molecule has 10 heteroatoms. The number of aromatic amines is 1. The number of halogens is 2. The molecule has 1 fully saturated rings. The number of H-pyrrole nitrogens is 1. The highest BCUT2D eigenvalue weighted by Crippen LogP contribution is 2.49. The molecular formula is C20H15Cl2N7O. The van der Waals surface area contributed by atoms with E-state index in [1.807, 2.05) is 30.3 Å². The topological polar surface area (TPSA) is 101 Å². The van der Waals surface area contributed by atoms with Crippen molar-refractivity contribution in [3.63, 3.8) is 0 Å². The van der Waals surface area contributed by atoms with E-state index in [4.69, 9.17) is 23.2 Å². The van der Waals surface area contributed by atoms with Crippen LogP contribution in [0.4, 0.5) is 5.69 Å². The summed E-state index contributed by atoms with van der Waals surface area (Å²) in [5, 5.41) is 22.5. The SMILES string of the molecule is O=C(Nc1ccc(-n2cc(Cl)cn2)c(-c2nnn[nH]2)c1)C1(c2cccc(Cl)c2)CC1. The molecule has 2 N–H and O–H groups in total. The number of carbonyl (C=O) groups is 1. The van der Waals surface area contributed by atoms with E-state index in [-0.39, 0.29) is 5.91 Å². The summed E-state index contributed by atoms with van der Waals surface area (Å²) in [6.45, 7) is 0. The van der Waals surface area contributed by atoms with Crippen LogP contribution in [0.15, 0.2) is 54.9 Å². The molecule has 8 nitrogen and oxygen atoms in total. The maximum absolute atomic E-state index is 13.1. The van der Waals surface area contributed by atoms with Crippen molar-refractivity contribution in [1.82, 2.24) is 30.4 Å². The van der Waals surface area contributed by atoms with E-state index in [0.717, 1.165) is 24.1 Å². The van der Waals surface area contributed by atoms with Gasteiger partial charge in [0.15, 0.2) is 5.82 Å². The third-order valence-electron chi connectivity index (χ3n) is 5.21. The second kappa shape index (κ2) is 7.23. The molecule has 30 heavy (non-hydrogen) atoms. The van der Waals surface area contributed by atoms with Gasteiger partial charge in [-0.2, -0.15) is 5.10 Å². The summed E-state index contributed by atoms with van der Waals surface area (Å²) in [6, 6.07) is 12.9. The van der Waals surface area contributed by atoms with Gasteiger partial charge in [-0.3, -0.25) is 4.79 Å². The van der Waals surface area contributed by atoms with Crippen LogP contribution >= 0.6 is 23.2 Å². The van der Waals surface area contributed by atoms with E-state index >= 15 is 0 Å². The Morgan fingerprint density at radius 3 is 2.67 bits per heavy atom. The Morgan fingerprint density at radius 1 is 1.13 bits per heavy atom. The van der Waals surface area contributed by atoms with E-state index < -0.39 is 5.41 Å². The van der Waals surface area contributed by atoms with Crippen LogP contribution in [0.3, 0.4) is 0 Å². The molecule has 1 saturated carbocycles. The van der Waals surface area contributed by atoms with E-state index in [1.165, 1.54) is 0 Å². The minimum atomic E-state index is -0.549. The Morgan fingerprint density at radius 2 is 2.00 bits per heavy atom. The predicted octanol–water partition coefficient (Wildman–Crippen LogP) is 4.03. The normalized spacial score (nSPS) is 14.5. The average Bonchev–Trinajstić information content (AvgIpc) is 3.15. The van der Waals surface area contributed by atoms with Crippen molar-refractivity contribution in [3.8, 4) is 17.1 Å². The molecule has 0 unspecified atom stereocenters. The molecule has 0 radical (unpaired) electrons. The van der Waals surface area contributed by atoms with Crippen LogP contribution in [-0.4, -0.2) is 36.3 Å². The lowest BCUT2D eigenvalue weighted by atomic mass is 9.95. The first-order chi connectivity index (χ1) is 14.5. The number of nitrogens with zero attached hydrogens (tertiary/aromatic N) is 5. The second-order valence-corrected chi connectivity index (χ2v) is 8.00. The summed E-state index contributed by atoms with van der Waals surface area (Å²) in [5.41, 5.74) is 2.39. The van der Waals surface area contributed by atoms with Crippen molar-refractivity contribution < 1.29 is 4.79 Å². The third-order valence-corrected chi connectivity index (χ3v) is 5.64. The number of carbonyl (C=O) groups excluding carboxylic acids is 1.